The molecule has 0 aliphatic rings. The van der Waals surface area contributed by atoms with Gasteiger partial charge in [-0.05, 0) is 76.9 Å². The number of methoxy groups -OCH3 is 1. The molecule has 2 heterocycles. The lowest BCUT2D eigenvalue weighted by atomic mass is 10.2. The van der Waals surface area contributed by atoms with Gasteiger partial charge in [0, 0.05) is 9.86 Å². The van der Waals surface area contributed by atoms with Crippen LogP contribution in [-0.2, 0) is 9.53 Å². The minimum atomic E-state index is -0.859. The second kappa shape index (κ2) is 10.7. The maximum Gasteiger partial charge on any atom is 0.346 e. The average molecular weight is 660 g/mol. The molecule has 0 spiro atoms. The van der Waals surface area contributed by atoms with Crippen LogP contribution in [-0.4, -0.2) is 35.1 Å². The number of halogens is 3. The van der Waals surface area contributed by atoms with Gasteiger partial charge in [-0.2, -0.15) is 9.78 Å². The summed E-state index contributed by atoms with van der Waals surface area (Å²) in [5.41, 5.74) is 1.38. The molecular formula is C27H18Br2ClN3O5. The lowest BCUT2D eigenvalue weighted by molar-refractivity contribution is -0.147. The lowest BCUT2D eigenvalue weighted by Gasteiger charge is -2.15. The van der Waals surface area contributed by atoms with Crippen LogP contribution in [0.3, 0.4) is 0 Å². The monoisotopic (exact) mass is 657 g/mol. The second-order valence-electron chi connectivity index (χ2n) is 8.20. The number of carbonyl (C=O) groups is 1. The van der Waals surface area contributed by atoms with Crippen molar-refractivity contribution in [2.24, 2.45) is 5.10 Å². The maximum absolute atomic E-state index is 13.5. The van der Waals surface area contributed by atoms with Gasteiger partial charge in [0.25, 0.3) is 5.56 Å². The maximum atomic E-state index is 13.5. The number of hydrogen-bond acceptors (Lipinski definition) is 7. The Morgan fingerprint density at radius 3 is 2.71 bits per heavy atom. The Labute approximate surface area is 238 Å². The quantitative estimate of drug-likeness (QED) is 0.147. The van der Waals surface area contributed by atoms with E-state index in [1.165, 1.54) is 18.0 Å². The number of nitrogens with zero attached hydrogens (tertiary/aromatic N) is 3. The first-order valence-electron chi connectivity index (χ1n) is 11.2. The summed E-state index contributed by atoms with van der Waals surface area (Å²) in [6.07, 6.45) is 0.618. The number of esters is 1. The second-order valence-corrected chi connectivity index (χ2v) is 10.4. The van der Waals surface area contributed by atoms with Crippen molar-refractivity contribution in [2.45, 2.75) is 13.0 Å². The number of hydrogen-bond donors (Lipinski definition) is 0. The van der Waals surface area contributed by atoms with Gasteiger partial charge in [0.15, 0.2) is 17.6 Å². The molecule has 0 N–H and O–H groups in total. The number of para-hydroxylation sites is 1. The van der Waals surface area contributed by atoms with E-state index in [9.17, 15) is 9.59 Å². The van der Waals surface area contributed by atoms with Crippen molar-refractivity contribution >= 4 is 77.5 Å². The van der Waals surface area contributed by atoms with Gasteiger partial charge in [-0.3, -0.25) is 4.79 Å². The number of aromatic nitrogens is 2. The third-order valence-electron chi connectivity index (χ3n) is 5.62. The molecule has 0 saturated carbocycles. The third kappa shape index (κ3) is 5.11. The summed E-state index contributed by atoms with van der Waals surface area (Å²) in [6, 6.07) is 17.8. The smallest absolute Gasteiger partial charge is 0.346 e. The molecule has 0 aliphatic carbocycles. The first-order chi connectivity index (χ1) is 18.2. The van der Waals surface area contributed by atoms with E-state index in [1.54, 1.807) is 37.3 Å². The normalized spacial score (nSPS) is 12.3. The third-order valence-corrected chi connectivity index (χ3v) is 6.99. The number of benzene rings is 3. The highest BCUT2D eigenvalue weighted by atomic mass is 79.9. The molecule has 5 rings (SSSR count). The molecule has 0 bridgehead atoms. The number of fused-ring (bicyclic) bond motifs is 2. The van der Waals surface area contributed by atoms with Crippen LogP contribution in [0, 0.1) is 0 Å². The van der Waals surface area contributed by atoms with Crippen LogP contribution >= 0.6 is 43.5 Å². The van der Waals surface area contributed by atoms with Crippen molar-refractivity contribution in [3.63, 3.8) is 0 Å². The van der Waals surface area contributed by atoms with Crippen LogP contribution in [0.1, 0.15) is 12.5 Å². The minimum Gasteiger partial charge on any atom is -0.476 e. The predicted octanol–water partition coefficient (Wildman–Crippen LogP) is 6.81. The summed E-state index contributed by atoms with van der Waals surface area (Å²) in [5, 5.41) is 5.95. The topological polar surface area (TPSA) is 95.9 Å². The molecule has 2 aromatic heterocycles. The van der Waals surface area contributed by atoms with Crippen molar-refractivity contribution in [3.05, 3.63) is 90.5 Å². The zero-order valence-corrected chi connectivity index (χ0v) is 23.9. The molecule has 0 unspecified atom stereocenters. The van der Waals surface area contributed by atoms with E-state index in [-0.39, 0.29) is 22.2 Å². The van der Waals surface area contributed by atoms with Crippen LogP contribution in [0.15, 0.2) is 83.9 Å². The highest BCUT2D eigenvalue weighted by Gasteiger charge is 2.20. The summed E-state index contributed by atoms with van der Waals surface area (Å²) in [6.45, 7) is 1.56. The molecule has 192 valence electrons. The summed E-state index contributed by atoms with van der Waals surface area (Å²) < 4.78 is 19.0. The molecule has 0 amide bonds. The Bertz CT molecular complexity index is 1770. The van der Waals surface area contributed by atoms with E-state index < -0.39 is 12.1 Å². The van der Waals surface area contributed by atoms with Gasteiger partial charge >= 0.3 is 5.97 Å². The molecule has 3 aromatic carbocycles. The number of ether oxygens (including phenoxy) is 2. The molecule has 0 saturated heterocycles. The largest absolute Gasteiger partial charge is 0.476 e. The fourth-order valence-electron chi connectivity index (χ4n) is 3.80. The molecule has 0 fully saturated rings. The van der Waals surface area contributed by atoms with E-state index >= 15 is 0 Å². The SMILES string of the molecule is COC(=O)[C@H](C)Oc1c(Cl)cc(C=Nn2c(-c3cc4cc(Br)ccc4o3)nc3ccccc3c2=O)cc1Br. The van der Waals surface area contributed by atoms with Crippen LogP contribution in [0.2, 0.25) is 5.02 Å². The van der Waals surface area contributed by atoms with Gasteiger partial charge in [-0.25, -0.2) is 9.78 Å². The van der Waals surface area contributed by atoms with E-state index in [1.807, 2.05) is 30.3 Å². The Hall–Kier alpha value is -3.47. The van der Waals surface area contributed by atoms with E-state index in [2.05, 4.69) is 41.9 Å². The number of furan rings is 1. The summed E-state index contributed by atoms with van der Waals surface area (Å²) in [7, 11) is 1.28. The first kappa shape index (κ1) is 26.1. The number of rotatable bonds is 6. The fraction of sp³-hybridized carbons (Fsp3) is 0.111. The summed E-state index contributed by atoms with van der Waals surface area (Å²) in [4.78, 5) is 29.9. The first-order valence-corrected chi connectivity index (χ1v) is 13.2. The van der Waals surface area contributed by atoms with Crippen LogP contribution < -0.4 is 10.3 Å². The molecule has 11 heteroatoms. The van der Waals surface area contributed by atoms with Crippen molar-refractivity contribution in [3.8, 4) is 17.3 Å². The molecule has 0 aliphatic heterocycles. The molecule has 0 radical (unpaired) electrons. The van der Waals surface area contributed by atoms with E-state index in [0.29, 0.717) is 32.3 Å². The highest BCUT2D eigenvalue weighted by Crippen LogP contribution is 2.35. The lowest BCUT2D eigenvalue weighted by Crippen LogP contribution is -2.25. The standard InChI is InChI=1S/C27H18Br2ClN3O5/c1-14(27(35)36-2)37-24-19(29)9-15(10-20(24)30)13-31-33-25(32-21-6-4-3-5-18(21)26(33)34)23-12-16-11-17(28)7-8-22(16)38-23/h3-14H,1-2H3/t14-/m0/s1. The Kier molecular flexibility index (Phi) is 7.38. The van der Waals surface area contributed by atoms with Gasteiger partial charge in [0.1, 0.15) is 5.58 Å². The predicted molar refractivity (Wildman–Crippen MR) is 153 cm³/mol. The fourth-order valence-corrected chi connectivity index (χ4v) is 5.13. The number of carbonyl (C=O) groups excluding carboxylic acids is 1. The Balaban J connectivity index is 1.59. The summed E-state index contributed by atoms with van der Waals surface area (Å²) >= 11 is 13.3. The summed E-state index contributed by atoms with van der Waals surface area (Å²) in [5.74, 6) is 0.375. The molecule has 8 nitrogen and oxygen atoms in total. The highest BCUT2D eigenvalue weighted by molar-refractivity contribution is 9.10. The van der Waals surface area contributed by atoms with Gasteiger partial charge in [-0.1, -0.05) is 39.7 Å². The van der Waals surface area contributed by atoms with Crippen LogP contribution in [0.25, 0.3) is 33.5 Å². The van der Waals surface area contributed by atoms with E-state index in [0.717, 1.165) is 9.86 Å². The Morgan fingerprint density at radius 1 is 1.16 bits per heavy atom. The van der Waals surface area contributed by atoms with Crippen molar-refractivity contribution in [1.82, 2.24) is 9.66 Å². The average Bonchev–Trinajstić information content (AvgIpc) is 3.32. The molecule has 38 heavy (non-hydrogen) atoms. The van der Waals surface area contributed by atoms with Gasteiger partial charge in [0.05, 0.1) is 33.7 Å². The van der Waals surface area contributed by atoms with Crippen molar-refractivity contribution < 1.29 is 18.7 Å². The van der Waals surface area contributed by atoms with Gasteiger partial charge in [-0.15, -0.1) is 0 Å². The molecule has 5 aromatic rings. The molecular weight excluding hydrogens is 642 g/mol. The molecule has 1 atom stereocenters. The zero-order chi connectivity index (χ0) is 27.0. The van der Waals surface area contributed by atoms with E-state index in [4.69, 9.17) is 25.5 Å². The Morgan fingerprint density at radius 2 is 1.95 bits per heavy atom. The van der Waals surface area contributed by atoms with Crippen LogP contribution in [0.5, 0.6) is 5.75 Å². The van der Waals surface area contributed by atoms with Gasteiger partial charge in [0.2, 0.25) is 5.82 Å². The minimum absolute atomic E-state index is 0.239. The zero-order valence-electron chi connectivity index (χ0n) is 19.9. The van der Waals surface area contributed by atoms with Gasteiger partial charge < -0.3 is 13.9 Å². The van der Waals surface area contributed by atoms with Crippen molar-refractivity contribution in [2.75, 3.05) is 7.11 Å². The van der Waals surface area contributed by atoms with Crippen molar-refractivity contribution in [1.29, 1.82) is 0 Å². The van der Waals surface area contributed by atoms with Crippen LogP contribution in [0.4, 0.5) is 0 Å².